The highest BCUT2D eigenvalue weighted by molar-refractivity contribution is 5.06. The average Bonchev–Trinajstić information content (AvgIpc) is 2.56. The first kappa shape index (κ1) is 16.7. The summed E-state index contributed by atoms with van der Waals surface area (Å²) in [5, 5.41) is 34.6. The second-order valence-electron chi connectivity index (χ2n) is 8.24. The molecule has 0 amide bonds. The van der Waals surface area contributed by atoms with Crippen molar-refractivity contribution in [2.24, 2.45) is 11.8 Å². The fraction of sp³-hybridized carbons (Fsp3) is 1.00. The van der Waals surface area contributed by atoms with E-state index in [1.807, 2.05) is 0 Å². The van der Waals surface area contributed by atoms with Gasteiger partial charge in [-0.3, -0.25) is 15.0 Å². The summed E-state index contributed by atoms with van der Waals surface area (Å²) in [4.78, 5) is 17.4. The molecule has 6 heterocycles. The van der Waals surface area contributed by atoms with Crippen LogP contribution in [0.15, 0.2) is 0 Å². The van der Waals surface area contributed by atoms with E-state index in [2.05, 4.69) is 9.80 Å². The summed E-state index contributed by atoms with van der Waals surface area (Å²) >= 11 is 0. The van der Waals surface area contributed by atoms with Crippen LogP contribution in [0.5, 0.6) is 0 Å². The molecule has 0 aromatic rings. The van der Waals surface area contributed by atoms with Crippen molar-refractivity contribution in [3.05, 3.63) is 10.1 Å². The van der Waals surface area contributed by atoms with Crippen molar-refractivity contribution in [1.29, 1.82) is 0 Å². The number of nitro groups is 1. The first-order valence-corrected chi connectivity index (χ1v) is 9.10. The molecule has 24 heavy (non-hydrogen) atoms. The Bertz CT molecular complexity index is 518. The number of hydrogen-bond acceptors (Lipinski definition) is 7. The molecular weight excluding hydrogens is 312 g/mol. The van der Waals surface area contributed by atoms with E-state index in [-0.39, 0.29) is 16.8 Å². The van der Waals surface area contributed by atoms with E-state index in [1.54, 1.807) is 7.05 Å². The maximum atomic E-state index is 12.0. The van der Waals surface area contributed by atoms with Gasteiger partial charge in [0.2, 0.25) is 0 Å². The zero-order valence-electron chi connectivity index (χ0n) is 14.3. The number of rotatable bonds is 4. The average molecular weight is 340 g/mol. The molecule has 0 radical (unpaired) electrons. The van der Waals surface area contributed by atoms with Gasteiger partial charge in [0, 0.05) is 23.9 Å². The number of hydrogen-bond donors (Lipinski definition) is 2. The smallest absolute Gasteiger partial charge is 0.300 e. The van der Waals surface area contributed by atoms with Crippen LogP contribution in [-0.4, -0.2) is 93.6 Å². The largest absolute Gasteiger partial charge is 0.380 e. The zero-order chi connectivity index (χ0) is 17.1. The summed E-state index contributed by atoms with van der Waals surface area (Å²) in [7, 11) is 1.63. The third-order valence-electron chi connectivity index (χ3n) is 7.09. The van der Waals surface area contributed by atoms with Crippen molar-refractivity contribution in [2.75, 3.05) is 46.3 Å². The van der Waals surface area contributed by atoms with Gasteiger partial charge in [-0.2, -0.15) is 0 Å². The van der Waals surface area contributed by atoms with Crippen molar-refractivity contribution in [1.82, 2.24) is 14.7 Å². The molecule has 3 atom stereocenters. The Morgan fingerprint density at radius 1 is 1.04 bits per heavy atom. The summed E-state index contributed by atoms with van der Waals surface area (Å²) in [6.45, 7) is 4.47. The first-order chi connectivity index (χ1) is 11.3. The van der Waals surface area contributed by atoms with Crippen LogP contribution in [0.3, 0.4) is 0 Å². The molecule has 0 aromatic carbocycles. The van der Waals surface area contributed by atoms with E-state index in [0.29, 0.717) is 13.1 Å². The number of nitrogens with zero attached hydrogens (tertiary/aromatic N) is 4. The lowest BCUT2D eigenvalue weighted by Crippen LogP contribution is -2.76. The molecule has 136 valence electrons. The number of fused-ring (bicyclic) bond motifs is 6. The van der Waals surface area contributed by atoms with Gasteiger partial charge in [-0.1, -0.05) is 0 Å². The van der Waals surface area contributed by atoms with Gasteiger partial charge in [0.15, 0.2) is 5.60 Å². The number of aliphatic hydroxyl groups is 2. The van der Waals surface area contributed by atoms with Gasteiger partial charge in [-0.05, 0) is 64.8 Å². The predicted molar refractivity (Wildman–Crippen MR) is 86.8 cm³/mol. The molecule has 2 N–H and O–H groups in total. The maximum absolute atomic E-state index is 12.0. The van der Waals surface area contributed by atoms with Crippen molar-refractivity contribution in [3.8, 4) is 0 Å². The minimum Gasteiger partial charge on any atom is -0.380 e. The quantitative estimate of drug-likeness (QED) is 0.401. The normalized spacial score (nSPS) is 48.7. The Hall–Kier alpha value is -0.800. The predicted octanol–water partition coefficient (Wildman–Crippen LogP) is -0.608. The lowest BCUT2D eigenvalue weighted by atomic mass is 9.72. The van der Waals surface area contributed by atoms with Crippen LogP contribution >= 0.6 is 0 Å². The maximum Gasteiger partial charge on any atom is 0.300 e. The van der Waals surface area contributed by atoms with Crippen LogP contribution in [-0.2, 0) is 0 Å². The van der Waals surface area contributed by atoms with E-state index in [4.69, 9.17) is 0 Å². The molecule has 6 aliphatic heterocycles. The Balaban J connectivity index is 1.65. The summed E-state index contributed by atoms with van der Waals surface area (Å²) in [5.74, 6) is -0.0235. The van der Waals surface area contributed by atoms with Gasteiger partial charge in [0.1, 0.15) is 5.72 Å². The molecule has 4 bridgehead atoms. The van der Waals surface area contributed by atoms with E-state index in [1.165, 1.54) is 4.90 Å². The highest BCUT2D eigenvalue weighted by atomic mass is 16.6. The number of likely N-dealkylation sites (N-methyl/N-ethyl adjacent to an activating group) is 1. The minimum absolute atomic E-state index is 0.0413. The third kappa shape index (κ3) is 2.31. The first-order valence-electron chi connectivity index (χ1n) is 9.10. The zero-order valence-corrected chi connectivity index (χ0v) is 14.3. The van der Waals surface area contributed by atoms with E-state index >= 15 is 0 Å². The summed E-state index contributed by atoms with van der Waals surface area (Å²) < 4.78 is 0. The van der Waals surface area contributed by atoms with Gasteiger partial charge in [0.25, 0.3) is 0 Å². The second kappa shape index (κ2) is 5.60. The monoisotopic (exact) mass is 340 g/mol. The van der Waals surface area contributed by atoms with E-state index in [0.717, 1.165) is 51.9 Å². The molecule has 0 aromatic heterocycles. The molecule has 8 nitrogen and oxygen atoms in total. The summed E-state index contributed by atoms with van der Waals surface area (Å²) in [6, 6.07) is 0. The van der Waals surface area contributed by atoms with Crippen LogP contribution < -0.4 is 0 Å². The fourth-order valence-electron chi connectivity index (χ4n) is 5.65. The third-order valence-corrected chi connectivity index (χ3v) is 7.09. The fourth-order valence-corrected chi connectivity index (χ4v) is 5.65. The second-order valence-corrected chi connectivity index (χ2v) is 8.24. The van der Waals surface area contributed by atoms with Crippen LogP contribution in [0, 0.1) is 22.0 Å². The highest BCUT2D eigenvalue weighted by Gasteiger charge is 2.62. The number of piperidine rings is 6. The molecule has 3 unspecified atom stereocenters. The van der Waals surface area contributed by atoms with Gasteiger partial charge in [-0.15, -0.1) is 0 Å². The van der Waals surface area contributed by atoms with Crippen molar-refractivity contribution < 1.29 is 15.1 Å². The van der Waals surface area contributed by atoms with Gasteiger partial charge < -0.3 is 15.1 Å². The molecular formula is C16H28N4O4. The lowest BCUT2D eigenvalue weighted by molar-refractivity contribution is -0.590. The Labute approximate surface area is 142 Å². The molecule has 0 spiro atoms. The van der Waals surface area contributed by atoms with Crippen LogP contribution in [0.1, 0.15) is 25.7 Å². The Morgan fingerprint density at radius 3 is 1.92 bits per heavy atom. The van der Waals surface area contributed by atoms with Gasteiger partial charge >= 0.3 is 6.17 Å². The standard InChI is InChI=1S/C16H28N4O4/c1-17(16(22)11-19-8-4-13(16)5-9-19)14(20(23)24)15(21)10-18-6-2-12(15)3-7-18/h12-14,21-22H,2-11H2,1H3. The van der Waals surface area contributed by atoms with Crippen LogP contribution in [0.4, 0.5) is 0 Å². The summed E-state index contributed by atoms with van der Waals surface area (Å²) in [5.41, 5.74) is -2.62. The SMILES string of the molecule is CN(C([N+](=O)[O-])C1(O)CN2CCC1CC2)C1(O)CN2CCC1CC2. The molecule has 0 saturated carbocycles. The molecule has 0 aliphatic carbocycles. The van der Waals surface area contributed by atoms with Gasteiger partial charge in [0.05, 0.1) is 0 Å². The minimum atomic E-state index is -1.39. The van der Waals surface area contributed by atoms with Gasteiger partial charge in [-0.25, -0.2) is 4.90 Å². The van der Waals surface area contributed by atoms with Crippen molar-refractivity contribution >= 4 is 0 Å². The summed E-state index contributed by atoms with van der Waals surface area (Å²) in [6.07, 6.45) is 2.04. The molecule has 6 rings (SSSR count). The molecule has 6 saturated heterocycles. The lowest BCUT2D eigenvalue weighted by Gasteiger charge is -2.57. The molecule has 6 aliphatic rings. The molecule has 6 fully saturated rings. The Morgan fingerprint density at radius 2 is 1.54 bits per heavy atom. The Kier molecular flexibility index (Phi) is 3.89. The van der Waals surface area contributed by atoms with Crippen molar-refractivity contribution in [2.45, 2.75) is 43.2 Å². The van der Waals surface area contributed by atoms with Crippen molar-refractivity contribution in [3.63, 3.8) is 0 Å². The van der Waals surface area contributed by atoms with E-state index < -0.39 is 17.5 Å². The molecule has 8 heteroatoms. The topological polar surface area (TPSA) is 93.3 Å². The van der Waals surface area contributed by atoms with E-state index in [9.17, 15) is 20.3 Å². The van der Waals surface area contributed by atoms with Crippen LogP contribution in [0.25, 0.3) is 0 Å². The highest BCUT2D eigenvalue weighted by Crippen LogP contribution is 2.44. The van der Waals surface area contributed by atoms with Crippen LogP contribution in [0.2, 0.25) is 0 Å².